The summed E-state index contributed by atoms with van der Waals surface area (Å²) in [6.45, 7) is 2.91. The molecule has 2 N–H and O–H groups in total. The normalized spacial score (nSPS) is 13.1. The van der Waals surface area contributed by atoms with Crippen LogP contribution in [0.3, 0.4) is 0 Å². The SMILES string of the molecule is CC(CO[SiH3])c1ccccc1N. The standard InChI is InChI=1S/C9H15NOSi/c1-7(6-11-12)8-4-2-3-5-9(8)10/h2-5,7H,6,10H2,1,12H3. The third-order valence-corrected chi connectivity index (χ3v) is 2.28. The second kappa shape index (κ2) is 4.28. The Balaban J connectivity index is 2.79. The first-order chi connectivity index (χ1) is 5.75. The van der Waals surface area contributed by atoms with E-state index in [0.29, 0.717) is 5.92 Å². The van der Waals surface area contributed by atoms with Crippen LogP contribution in [0.25, 0.3) is 0 Å². The van der Waals surface area contributed by atoms with Crippen molar-refractivity contribution in [3.63, 3.8) is 0 Å². The molecule has 0 saturated heterocycles. The minimum Gasteiger partial charge on any atom is -0.427 e. The second-order valence-corrected chi connectivity index (χ2v) is 3.56. The predicted octanol–water partition coefficient (Wildman–Crippen LogP) is 0.669. The molecule has 0 aliphatic rings. The fourth-order valence-electron chi connectivity index (χ4n) is 1.30. The zero-order valence-electron chi connectivity index (χ0n) is 7.58. The summed E-state index contributed by atoms with van der Waals surface area (Å²) in [6, 6.07) is 7.95. The highest BCUT2D eigenvalue weighted by Crippen LogP contribution is 2.21. The van der Waals surface area contributed by atoms with Gasteiger partial charge in [0.1, 0.15) is 10.5 Å². The highest BCUT2D eigenvalue weighted by molar-refractivity contribution is 5.97. The summed E-state index contributed by atoms with van der Waals surface area (Å²) in [5, 5.41) is 0. The maximum absolute atomic E-state index is 5.81. The van der Waals surface area contributed by atoms with Gasteiger partial charge in [-0.25, -0.2) is 0 Å². The molecule has 1 rings (SSSR count). The van der Waals surface area contributed by atoms with Crippen LogP contribution in [0.15, 0.2) is 24.3 Å². The van der Waals surface area contributed by atoms with Crippen LogP contribution in [0.1, 0.15) is 18.4 Å². The van der Waals surface area contributed by atoms with Crippen LogP contribution in [-0.2, 0) is 4.43 Å². The largest absolute Gasteiger partial charge is 0.427 e. The molecule has 1 atom stereocenters. The van der Waals surface area contributed by atoms with Gasteiger partial charge in [-0.15, -0.1) is 0 Å². The van der Waals surface area contributed by atoms with Gasteiger partial charge in [-0.3, -0.25) is 0 Å². The zero-order chi connectivity index (χ0) is 8.97. The van der Waals surface area contributed by atoms with E-state index in [1.54, 1.807) is 0 Å². The molecule has 66 valence electrons. The minimum atomic E-state index is 0.406. The molecular weight excluding hydrogens is 166 g/mol. The quantitative estimate of drug-likeness (QED) is 0.549. The Morgan fingerprint density at radius 3 is 2.75 bits per heavy atom. The van der Waals surface area contributed by atoms with Crippen molar-refractivity contribution in [1.29, 1.82) is 0 Å². The molecule has 1 aromatic rings. The van der Waals surface area contributed by atoms with Crippen LogP contribution in [-0.4, -0.2) is 17.1 Å². The van der Waals surface area contributed by atoms with E-state index in [2.05, 4.69) is 13.0 Å². The lowest BCUT2D eigenvalue weighted by atomic mass is 10.0. The molecule has 2 nitrogen and oxygen atoms in total. The van der Waals surface area contributed by atoms with E-state index >= 15 is 0 Å². The van der Waals surface area contributed by atoms with E-state index < -0.39 is 0 Å². The lowest BCUT2D eigenvalue weighted by Crippen LogP contribution is -2.05. The number of hydrogen-bond acceptors (Lipinski definition) is 2. The first-order valence-corrected chi connectivity index (χ1v) is 4.90. The molecular formula is C9H15NOSi. The Labute approximate surface area is 76.3 Å². The lowest BCUT2D eigenvalue weighted by molar-refractivity contribution is 0.324. The van der Waals surface area contributed by atoms with Gasteiger partial charge in [0.15, 0.2) is 0 Å². The number of rotatable bonds is 3. The van der Waals surface area contributed by atoms with E-state index in [0.717, 1.165) is 22.8 Å². The molecule has 1 unspecified atom stereocenters. The molecule has 0 aromatic heterocycles. The maximum Gasteiger partial charge on any atom is 0.145 e. The summed E-state index contributed by atoms with van der Waals surface area (Å²) < 4.78 is 5.20. The van der Waals surface area contributed by atoms with Crippen molar-refractivity contribution in [2.75, 3.05) is 12.3 Å². The van der Waals surface area contributed by atoms with Crippen molar-refractivity contribution < 1.29 is 4.43 Å². The van der Waals surface area contributed by atoms with E-state index in [1.165, 1.54) is 5.56 Å². The second-order valence-electron chi connectivity index (χ2n) is 2.99. The average Bonchev–Trinajstić information content (AvgIpc) is 2.05. The fraction of sp³-hybridized carbons (Fsp3) is 0.333. The van der Waals surface area contributed by atoms with Crippen LogP contribution in [0, 0.1) is 0 Å². The van der Waals surface area contributed by atoms with E-state index in [1.807, 2.05) is 18.2 Å². The molecule has 0 spiro atoms. The van der Waals surface area contributed by atoms with Crippen LogP contribution >= 0.6 is 0 Å². The summed E-state index contributed by atoms with van der Waals surface area (Å²) in [4.78, 5) is 0. The first kappa shape index (κ1) is 9.29. The number of benzene rings is 1. The predicted molar refractivity (Wildman–Crippen MR) is 55.2 cm³/mol. The minimum absolute atomic E-state index is 0.406. The van der Waals surface area contributed by atoms with Gasteiger partial charge in [0.05, 0.1) is 0 Å². The molecule has 0 saturated carbocycles. The zero-order valence-corrected chi connectivity index (χ0v) is 9.58. The number of nitrogens with two attached hydrogens (primary N) is 1. The topological polar surface area (TPSA) is 35.2 Å². The van der Waals surface area contributed by atoms with Crippen LogP contribution < -0.4 is 5.73 Å². The van der Waals surface area contributed by atoms with Crippen molar-refractivity contribution in [2.24, 2.45) is 0 Å². The molecule has 0 aliphatic carbocycles. The Morgan fingerprint density at radius 2 is 2.17 bits per heavy atom. The summed E-state index contributed by atoms with van der Waals surface area (Å²) >= 11 is 0. The molecule has 0 bridgehead atoms. The number of anilines is 1. The molecule has 3 heteroatoms. The molecule has 0 aliphatic heterocycles. The first-order valence-electron chi connectivity index (χ1n) is 4.09. The summed E-state index contributed by atoms with van der Waals surface area (Å²) in [5.74, 6) is 0.406. The highest BCUT2D eigenvalue weighted by Gasteiger charge is 2.06. The maximum atomic E-state index is 5.81. The number of nitrogen functional groups attached to an aromatic ring is 1. The fourth-order valence-corrected chi connectivity index (χ4v) is 1.80. The number of hydrogen-bond donors (Lipinski definition) is 1. The van der Waals surface area contributed by atoms with Gasteiger partial charge in [0.25, 0.3) is 0 Å². The summed E-state index contributed by atoms with van der Waals surface area (Å²) in [5.41, 5.74) is 7.86. The smallest absolute Gasteiger partial charge is 0.145 e. The van der Waals surface area contributed by atoms with Crippen molar-refractivity contribution in [1.82, 2.24) is 0 Å². The number of para-hydroxylation sites is 1. The lowest BCUT2D eigenvalue weighted by Gasteiger charge is -2.12. The highest BCUT2D eigenvalue weighted by atomic mass is 28.2. The Kier molecular flexibility index (Phi) is 3.31. The van der Waals surface area contributed by atoms with Gasteiger partial charge in [-0.1, -0.05) is 25.1 Å². The molecule has 0 radical (unpaired) electrons. The average molecular weight is 181 g/mol. The van der Waals surface area contributed by atoms with Crippen molar-refractivity contribution in [3.8, 4) is 0 Å². The van der Waals surface area contributed by atoms with Gasteiger partial charge in [0.2, 0.25) is 0 Å². The summed E-state index contributed by atoms with van der Waals surface area (Å²) in [7, 11) is 0.795. The Morgan fingerprint density at radius 1 is 1.50 bits per heavy atom. The van der Waals surface area contributed by atoms with Crippen molar-refractivity contribution >= 4 is 16.2 Å². The Bertz CT molecular complexity index is 252. The van der Waals surface area contributed by atoms with Crippen LogP contribution in [0.2, 0.25) is 0 Å². The van der Waals surface area contributed by atoms with Crippen molar-refractivity contribution in [3.05, 3.63) is 29.8 Å². The van der Waals surface area contributed by atoms with E-state index in [9.17, 15) is 0 Å². The Hall–Kier alpha value is -0.803. The van der Waals surface area contributed by atoms with E-state index in [4.69, 9.17) is 10.2 Å². The van der Waals surface area contributed by atoms with Gasteiger partial charge in [-0.05, 0) is 11.6 Å². The van der Waals surface area contributed by atoms with Crippen LogP contribution in [0.4, 0.5) is 5.69 Å². The van der Waals surface area contributed by atoms with E-state index in [-0.39, 0.29) is 0 Å². The van der Waals surface area contributed by atoms with Crippen LogP contribution in [0.5, 0.6) is 0 Å². The molecule has 1 aromatic carbocycles. The molecule has 12 heavy (non-hydrogen) atoms. The third-order valence-electron chi connectivity index (χ3n) is 1.94. The monoisotopic (exact) mass is 181 g/mol. The van der Waals surface area contributed by atoms with Gasteiger partial charge in [0, 0.05) is 18.2 Å². The van der Waals surface area contributed by atoms with Gasteiger partial charge < -0.3 is 10.2 Å². The third kappa shape index (κ3) is 2.09. The molecule has 0 fully saturated rings. The summed E-state index contributed by atoms with van der Waals surface area (Å²) in [6.07, 6.45) is 0. The molecule has 0 heterocycles. The van der Waals surface area contributed by atoms with Gasteiger partial charge in [-0.2, -0.15) is 0 Å². The van der Waals surface area contributed by atoms with Gasteiger partial charge >= 0.3 is 0 Å². The van der Waals surface area contributed by atoms with Crippen molar-refractivity contribution in [2.45, 2.75) is 12.8 Å². The molecule has 0 amide bonds.